The number of para-hydroxylation sites is 1. The molecular formula is C17H12F3NO2S. The highest BCUT2D eigenvalue weighted by atomic mass is 32.2. The summed E-state index contributed by atoms with van der Waals surface area (Å²) in [7, 11) is -4.17. The maximum absolute atomic E-state index is 13.0. The van der Waals surface area contributed by atoms with Gasteiger partial charge in [-0.3, -0.25) is 4.72 Å². The number of hydrogen-bond acceptors (Lipinski definition) is 2. The van der Waals surface area contributed by atoms with Crippen molar-refractivity contribution in [1.82, 2.24) is 0 Å². The first kappa shape index (κ1) is 16.3. The van der Waals surface area contributed by atoms with E-state index in [2.05, 4.69) is 4.72 Å². The van der Waals surface area contributed by atoms with Crippen LogP contribution in [-0.4, -0.2) is 8.42 Å². The summed E-state index contributed by atoms with van der Waals surface area (Å²) in [5.41, 5.74) is -1.54. The lowest BCUT2D eigenvalue weighted by Gasteiger charge is -2.15. The second kappa shape index (κ2) is 5.83. The van der Waals surface area contributed by atoms with Gasteiger partial charge in [0.15, 0.2) is 0 Å². The zero-order chi connectivity index (χ0) is 17.4. The SMILES string of the molecule is O=S(=O)(Nc1ccccc1C(F)(F)F)c1cccc2ccccc12. The van der Waals surface area contributed by atoms with Crippen molar-refractivity contribution in [3.05, 3.63) is 72.3 Å². The van der Waals surface area contributed by atoms with Gasteiger partial charge in [-0.2, -0.15) is 13.2 Å². The van der Waals surface area contributed by atoms with E-state index in [0.717, 1.165) is 12.1 Å². The maximum Gasteiger partial charge on any atom is 0.418 e. The van der Waals surface area contributed by atoms with E-state index >= 15 is 0 Å². The Kier molecular flexibility index (Phi) is 3.96. The highest BCUT2D eigenvalue weighted by molar-refractivity contribution is 7.93. The third kappa shape index (κ3) is 3.07. The van der Waals surface area contributed by atoms with Crippen LogP contribution in [0.3, 0.4) is 0 Å². The Labute approximate surface area is 136 Å². The first-order chi connectivity index (χ1) is 11.3. The van der Waals surface area contributed by atoms with Gasteiger partial charge in [0.25, 0.3) is 10.0 Å². The first-order valence-electron chi connectivity index (χ1n) is 6.96. The van der Waals surface area contributed by atoms with Crippen LogP contribution in [0, 0.1) is 0 Å². The number of fused-ring (bicyclic) bond motifs is 1. The number of nitrogens with one attached hydrogen (secondary N) is 1. The van der Waals surface area contributed by atoms with Crippen LogP contribution in [0.4, 0.5) is 18.9 Å². The molecule has 0 saturated carbocycles. The molecule has 0 heterocycles. The zero-order valence-corrected chi connectivity index (χ0v) is 13.0. The number of alkyl halides is 3. The van der Waals surface area contributed by atoms with Crippen molar-refractivity contribution in [2.75, 3.05) is 4.72 Å². The van der Waals surface area contributed by atoms with Crippen LogP contribution >= 0.6 is 0 Å². The van der Waals surface area contributed by atoms with Crippen LogP contribution in [0.25, 0.3) is 10.8 Å². The van der Waals surface area contributed by atoms with Crippen molar-refractivity contribution < 1.29 is 21.6 Å². The summed E-state index contributed by atoms with van der Waals surface area (Å²) in [5.74, 6) is 0. The second-order valence-electron chi connectivity index (χ2n) is 5.13. The summed E-state index contributed by atoms with van der Waals surface area (Å²) >= 11 is 0. The molecule has 0 saturated heterocycles. The Balaban J connectivity index is 2.10. The highest BCUT2D eigenvalue weighted by Crippen LogP contribution is 2.36. The quantitative estimate of drug-likeness (QED) is 0.746. The van der Waals surface area contributed by atoms with Crippen molar-refractivity contribution in [2.24, 2.45) is 0 Å². The Morgan fingerprint density at radius 1 is 0.792 bits per heavy atom. The van der Waals surface area contributed by atoms with Crippen LogP contribution in [0.2, 0.25) is 0 Å². The summed E-state index contributed by atoms with van der Waals surface area (Å²) in [5, 5.41) is 1.13. The molecule has 3 nitrogen and oxygen atoms in total. The van der Waals surface area contributed by atoms with Gasteiger partial charge < -0.3 is 0 Å². The van der Waals surface area contributed by atoms with Gasteiger partial charge in [-0.15, -0.1) is 0 Å². The molecule has 0 aliphatic rings. The minimum atomic E-state index is -4.65. The molecule has 0 aliphatic heterocycles. The molecule has 0 radical (unpaired) electrons. The second-order valence-corrected chi connectivity index (χ2v) is 6.78. The monoisotopic (exact) mass is 351 g/mol. The van der Waals surface area contributed by atoms with Crippen molar-refractivity contribution in [1.29, 1.82) is 0 Å². The van der Waals surface area contributed by atoms with E-state index < -0.39 is 27.5 Å². The molecule has 0 aliphatic carbocycles. The molecule has 7 heteroatoms. The lowest BCUT2D eigenvalue weighted by Crippen LogP contribution is -2.17. The third-order valence-electron chi connectivity index (χ3n) is 3.52. The average molecular weight is 351 g/mol. The van der Waals surface area contributed by atoms with Gasteiger partial charge >= 0.3 is 6.18 Å². The van der Waals surface area contributed by atoms with E-state index in [0.29, 0.717) is 10.8 Å². The van der Waals surface area contributed by atoms with Crippen LogP contribution in [0.5, 0.6) is 0 Å². The topological polar surface area (TPSA) is 46.2 Å². The van der Waals surface area contributed by atoms with Crippen LogP contribution < -0.4 is 4.72 Å². The van der Waals surface area contributed by atoms with Gasteiger partial charge in [-0.25, -0.2) is 8.42 Å². The van der Waals surface area contributed by atoms with Crippen LogP contribution in [0.1, 0.15) is 5.56 Å². The first-order valence-corrected chi connectivity index (χ1v) is 8.44. The average Bonchev–Trinajstić information content (AvgIpc) is 2.53. The summed E-state index contributed by atoms with van der Waals surface area (Å²) in [4.78, 5) is -0.0717. The van der Waals surface area contributed by atoms with Gasteiger partial charge in [-0.05, 0) is 23.6 Å². The van der Waals surface area contributed by atoms with E-state index in [9.17, 15) is 21.6 Å². The van der Waals surface area contributed by atoms with Gasteiger partial charge in [0.05, 0.1) is 16.1 Å². The molecule has 0 unspecified atom stereocenters. The Hall–Kier alpha value is -2.54. The minimum absolute atomic E-state index is 0.0717. The molecule has 0 spiro atoms. The largest absolute Gasteiger partial charge is 0.418 e. The fraction of sp³-hybridized carbons (Fsp3) is 0.0588. The molecule has 0 atom stereocenters. The Bertz CT molecular complexity index is 993. The fourth-order valence-corrected chi connectivity index (χ4v) is 3.76. The summed E-state index contributed by atoms with van der Waals surface area (Å²) in [6.07, 6.45) is -4.65. The van der Waals surface area contributed by atoms with Crippen LogP contribution in [0.15, 0.2) is 71.6 Å². The van der Waals surface area contributed by atoms with Crippen molar-refractivity contribution in [2.45, 2.75) is 11.1 Å². The van der Waals surface area contributed by atoms with Crippen molar-refractivity contribution in [3.8, 4) is 0 Å². The third-order valence-corrected chi connectivity index (χ3v) is 4.94. The van der Waals surface area contributed by atoms with Gasteiger partial charge in [0.1, 0.15) is 0 Å². The Morgan fingerprint density at radius 2 is 1.42 bits per heavy atom. The fourth-order valence-electron chi connectivity index (χ4n) is 2.45. The smallest absolute Gasteiger partial charge is 0.279 e. The van der Waals surface area contributed by atoms with Gasteiger partial charge in [-0.1, -0.05) is 48.5 Å². The van der Waals surface area contributed by atoms with Crippen molar-refractivity contribution in [3.63, 3.8) is 0 Å². The predicted octanol–water partition coefficient (Wildman–Crippen LogP) is 4.66. The lowest BCUT2D eigenvalue weighted by atomic mass is 10.1. The van der Waals surface area contributed by atoms with Gasteiger partial charge in [0, 0.05) is 5.39 Å². The van der Waals surface area contributed by atoms with E-state index in [4.69, 9.17) is 0 Å². The lowest BCUT2D eigenvalue weighted by molar-refractivity contribution is -0.136. The number of sulfonamides is 1. The number of anilines is 1. The summed E-state index contributed by atoms with van der Waals surface area (Å²) < 4.78 is 66.4. The predicted molar refractivity (Wildman–Crippen MR) is 86.2 cm³/mol. The minimum Gasteiger partial charge on any atom is -0.279 e. The summed E-state index contributed by atoms with van der Waals surface area (Å²) in [6.45, 7) is 0. The van der Waals surface area contributed by atoms with E-state index in [1.807, 2.05) is 0 Å². The van der Waals surface area contributed by atoms with Crippen LogP contribution in [-0.2, 0) is 16.2 Å². The zero-order valence-electron chi connectivity index (χ0n) is 12.2. The number of benzene rings is 3. The molecule has 1 N–H and O–H groups in total. The molecule has 24 heavy (non-hydrogen) atoms. The molecule has 3 rings (SSSR count). The molecule has 0 fully saturated rings. The normalized spacial score (nSPS) is 12.3. The van der Waals surface area contributed by atoms with Crippen molar-refractivity contribution >= 4 is 26.5 Å². The summed E-state index contributed by atoms with van der Waals surface area (Å²) in [6, 6.07) is 15.9. The van der Waals surface area contributed by atoms with Gasteiger partial charge in [0.2, 0.25) is 0 Å². The van der Waals surface area contributed by atoms with E-state index in [1.54, 1.807) is 36.4 Å². The van der Waals surface area contributed by atoms with E-state index in [-0.39, 0.29) is 4.90 Å². The number of rotatable bonds is 3. The molecule has 0 bridgehead atoms. The van der Waals surface area contributed by atoms with E-state index in [1.165, 1.54) is 18.2 Å². The Morgan fingerprint density at radius 3 is 2.17 bits per heavy atom. The standard InChI is InChI=1S/C17H12F3NO2S/c18-17(19,20)14-9-3-4-10-15(14)21-24(22,23)16-11-5-7-12-6-1-2-8-13(12)16/h1-11,21H. The maximum atomic E-state index is 13.0. The number of halogens is 3. The molecule has 3 aromatic carbocycles. The highest BCUT2D eigenvalue weighted by Gasteiger charge is 2.34. The number of hydrogen-bond donors (Lipinski definition) is 1. The molecule has 0 amide bonds. The molecular weight excluding hydrogens is 339 g/mol. The molecule has 0 aromatic heterocycles. The molecule has 124 valence electrons. The molecule has 3 aromatic rings.